The molecule has 0 amide bonds. The number of para-hydroxylation sites is 3. The Balaban J connectivity index is 1.98. The molecule has 0 saturated carbocycles. The first-order valence-corrected chi connectivity index (χ1v) is 5.45. The van der Waals surface area contributed by atoms with Crippen molar-refractivity contribution in [1.82, 2.24) is 15.2 Å². The summed E-state index contributed by atoms with van der Waals surface area (Å²) in [7, 11) is 0. The number of nitrogens with zero attached hydrogens (tertiary/aromatic N) is 3. The Kier molecular flexibility index (Phi) is 2.49. The van der Waals surface area contributed by atoms with Crippen LogP contribution in [-0.4, -0.2) is 15.2 Å². The van der Waals surface area contributed by atoms with Crippen molar-refractivity contribution in [1.29, 1.82) is 0 Å². The average Bonchev–Trinajstić information content (AvgIpc) is 2.41. The van der Waals surface area contributed by atoms with Crippen LogP contribution in [0, 0.1) is 0 Å². The Hall–Kier alpha value is -2.69. The van der Waals surface area contributed by atoms with Gasteiger partial charge >= 0.3 is 6.01 Å². The lowest BCUT2D eigenvalue weighted by Crippen LogP contribution is -1.97. The molecule has 88 valence electrons. The fourth-order valence-electron chi connectivity index (χ4n) is 1.58. The van der Waals surface area contributed by atoms with Crippen molar-refractivity contribution in [2.75, 3.05) is 5.73 Å². The summed E-state index contributed by atoms with van der Waals surface area (Å²) in [6, 6.07) is 14.8. The largest absolute Gasteiger partial charge is 0.421 e. The van der Waals surface area contributed by atoms with E-state index < -0.39 is 0 Å². The highest BCUT2D eigenvalue weighted by atomic mass is 16.5. The number of aromatic nitrogens is 3. The van der Waals surface area contributed by atoms with E-state index in [1.807, 2.05) is 36.4 Å². The minimum absolute atomic E-state index is 0.187. The summed E-state index contributed by atoms with van der Waals surface area (Å²) in [5.41, 5.74) is 7.78. The summed E-state index contributed by atoms with van der Waals surface area (Å²) in [4.78, 5) is 4.26. The molecule has 0 radical (unpaired) electrons. The Morgan fingerprint density at radius 1 is 0.833 bits per heavy atom. The molecule has 5 nitrogen and oxygen atoms in total. The molecule has 0 spiro atoms. The fraction of sp³-hybridized carbons (Fsp3) is 0. The maximum absolute atomic E-state index is 5.78. The minimum Gasteiger partial charge on any atom is -0.421 e. The first-order valence-electron chi connectivity index (χ1n) is 5.45. The average molecular weight is 238 g/mol. The highest BCUT2D eigenvalue weighted by molar-refractivity contribution is 5.73. The van der Waals surface area contributed by atoms with Crippen molar-refractivity contribution in [3.8, 4) is 11.8 Å². The van der Waals surface area contributed by atoms with Crippen LogP contribution in [0.2, 0.25) is 0 Å². The van der Waals surface area contributed by atoms with Crippen molar-refractivity contribution in [2.24, 2.45) is 0 Å². The standard InChI is InChI=1S/C13H10N4O/c14-9-5-1-4-8-12(9)18-13-15-10-6-2-3-7-11(10)16-17-13/h1-8H,14H2. The minimum atomic E-state index is 0.187. The molecule has 5 heteroatoms. The van der Waals surface area contributed by atoms with Gasteiger partial charge < -0.3 is 10.5 Å². The van der Waals surface area contributed by atoms with E-state index in [0.29, 0.717) is 11.4 Å². The van der Waals surface area contributed by atoms with Crippen LogP contribution in [0.15, 0.2) is 48.5 Å². The number of nitrogen functional groups attached to an aromatic ring is 1. The topological polar surface area (TPSA) is 73.9 Å². The molecule has 18 heavy (non-hydrogen) atoms. The molecular weight excluding hydrogens is 228 g/mol. The number of fused-ring (bicyclic) bond motifs is 1. The summed E-state index contributed by atoms with van der Waals surface area (Å²) in [5, 5.41) is 7.93. The summed E-state index contributed by atoms with van der Waals surface area (Å²) in [6.45, 7) is 0. The van der Waals surface area contributed by atoms with E-state index in [4.69, 9.17) is 10.5 Å². The smallest absolute Gasteiger partial charge is 0.341 e. The van der Waals surface area contributed by atoms with Crippen molar-refractivity contribution < 1.29 is 4.74 Å². The third-order valence-electron chi connectivity index (χ3n) is 2.46. The predicted molar refractivity (Wildman–Crippen MR) is 68.3 cm³/mol. The van der Waals surface area contributed by atoms with E-state index >= 15 is 0 Å². The van der Waals surface area contributed by atoms with Gasteiger partial charge in [0, 0.05) is 0 Å². The van der Waals surface area contributed by atoms with Crippen LogP contribution in [0.3, 0.4) is 0 Å². The third-order valence-corrected chi connectivity index (χ3v) is 2.46. The van der Waals surface area contributed by atoms with Gasteiger partial charge in [-0.3, -0.25) is 0 Å². The molecule has 0 aliphatic rings. The van der Waals surface area contributed by atoms with Crippen molar-refractivity contribution in [3.05, 3.63) is 48.5 Å². The number of hydrogen-bond donors (Lipinski definition) is 1. The van der Waals surface area contributed by atoms with Gasteiger partial charge in [-0.1, -0.05) is 29.4 Å². The normalized spacial score (nSPS) is 10.4. The first-order chi connectivity index (χ1) is 8.83. The maximum atomic E-state index is 5.78. The van der Waals surface area contributed by atoms with Gasteiger partial charge in [-0.25, -0.2) is 0 Å². The van der Waals surface area contributed by atoms with E-state index in [9.17, 15) is 0 Å². The second-order valence-corrected chi connectivity index (χ2v) is 3.72. The molecule has 3 aromatic rings. The second kappa shape index (κ2) is 4.29. The quantitative estimate of drug-likeness (QED) is 0.694. The number of ether oxygens (including phenoxy) is 1. The zero-order chi connectivity index (χ0) is 12.4. The zero-order valence-electron chi connectivity index (χ0n) is 9.45. The van der Waals surface area contributed by atoms with Gasteiger partial charge in [-0.2, -0.15) is 4.98 Å². The molecule has 2 N–H and O–H groups in total. The lowest BCUT2D eigenvalue weighted by molar-refractivity contribution is 0.439. The monoisotopic (exact) mass is 238 g/mol. The van der Waals surface area contributed by atoms with Crippen LogP contribution < -0.4 is 10.5 Å². The lowest BCUT2D eigenvalue weighted by Gasteiger charge is -2.05. The predicted octanol–water partition coefficient (Wildman–Crippen LogP) is 2.40. The van der Waals surface area contributed by atoms with Crippen LogP contribution in [0.25, 0.3) is 11.0 Å². The number of hydrogen-bond acceptors (Lipinski definition) is 5. The van der Waals surface area contributed by atoms with E-state index in [-0.39, 0.29) is 6.01 Å². The van der Waals surface area contributed by atoms with Gasteiger partial charge in [0.1, 0.15) is 5.52 Å². The molecule has 0 bridgehead atoms. The summed E-state index contributed by atoms with van der Waals surface area (Å²) in [5.74, 6) is 0.523. The zero-order valence-corrected chi connectivity index (χ0v) is 9.45. The molecule has 0 fully saturated rings. The number of benzene rings is 2. The van der Waals surface area contributed by atoms with Gasteiger partial charge in [0.05, 0.1) is 11.2 Å². The molecular formula is C13H10N4O. The molecule has 2 aromatic carbocycles. The summed E-state index contributed by atoms with van der Waals surface area (Å²) < 4.78 is 5.51. The van der Waals surface area contributed by atoms with Crippen LogP contribution in [0.5, 0.6) is 11.8 Å². The molecule has 0 saturated heterocycles. The molecule has 3 rings (SSSR count). The van der Waals surface area contributed by atoms with Crippen LogP contribution in [-0.2, 0) is 0 Å². The number of nitrogens with two attached hydrogens (primary N) is 1. The van der Waals surface area contributed by atoms with Gasteiger partial charge in [0.2, 0.25) is 0 Å². The van der Waals surface area contributed by atoms with Gasteiger partial charge in [-0.05, 0) is 24.3 Å². The van der Waals surface area contributed by atoms with E-state index in [1.54, 1.807) is 12.1 Å². The van der Waals surface area contributed by atoms with Crippen molar-refractivity contribution >= 4 is 16.7 Å². The van der Waals surface area contributed by atoms with E-state index in [2.05, 4.69) is 15.2 Å². The molecule has 1 aromatic heterocycles. The van der Waals surface area contributed by atoms with Crippen molar-refractivity contribution in [3.63, 3.8) is 0 Å². The number of rotatable bonds is 2. The van der Waals surface area contributed by atoms with Crippen molar-refractivity contribution in [2.45, 2.75) is 0 Å². The lowest BCUT2D eigenvalue weighted by atomic mass is 10.3. The second-order valence-electron chi connectivity index (χ2n) is 3.72. The fourth-order valence-corrected chi connectivity index (χ4v) is 1.58. The molecule has 0 aliphatic carbocycles. The molecule has 0 unspecified atom stereocenters. The Bertz CT molecular complexity index is 699. The van der Waals surface area contributed by atoms with Crippen LogP contribution >= 0.6 is 0 Å². The van der Waals surface area contributed by atoms with Gasteiger partial charge in [-0.15, -0.1) is 5.10 Å². The molecule has 0 atom stereocenters. The van der Waals surface area contributed by atoms with Crippen LogP contribution in [0.4, 0.5) is 5.69 Å². The number of anilines is 1. The summed E-state index contributed by atoms with van der Waals surface area (Å²) in [6.07, 6.45) is 0. The Morgan fingerprint density at radius 3 is 2.39 bits per heavy atom. The highest BCUT2D eigenvalue weighted by Gasteiger charge is 2.05. The highest BCUT2D eigenvalue weighted by Crippen LogP contribution is 2.24. The Labute approximate surface area is 103 Å². The Morgan fingerprint density at radius 2 is 1.56 bits per heavy atom. The van der Waals surface area contributed by atoms with Gasteiger partial charge in [0.15, 0.2) is 5.75 Å². The van der Waals surface area contributed by atoms with E-state index in [0.717, 1.165) is 11.0 Å². The summed E-state index contributed by atoms with van der Waals surface area (Å²) >= 11 is 0. The third kappa shape index (κ3) is 1.93. The molecule has 1 heterocycles. The van der Waals surface area contributed by atoms with Gasteiger partial charge in [0.25, 0.3) is 0 Å². The SMILES string of the molecule is Nc1ccccc1Oc1nnc2ccccc2n1. The molecule has 0 aliphatic heterocycles. The van der Waals surface area contributed by atoms with Crippen LogP contribution in [0.1, 0.15) is 0 Å². The maximum Gasteiger partial charge on any atom is 0.341 e. The first kappa shape index (κ1) is 10.5. The van der Waals surface area contributed by atoms with E-state index in [1.165, 1.54) is 0 Å².